The van der Waals surface area contributed by atoms with E-state index in [0.29, 0.717) is 6.42 Å². The van der Waals surface area contributed by atoms with E-state index in [0.717, 1.165) is 22.5 Å². The number of hydrogen-bond donors (Lipinski definition) is 0. The zero-order chi connectivity index (χ0) is 15.7. The fraction of sp³-hybridized carbons (Fsp3) is 0.222. The van der Waals surface area contributed by atoms with Gasteiger partial charge in [0.25, 0.3) is 0 Å². The zero-order valence-corrected chi connectivity index (χ0v) is 12.7. The number of carbonyl (C=O) groups is 2. The highest BCUT2D eigenvalue weighted by molar-refractivity contribution is 6.11. The number of aryl methyl sites for hydroxylation is 1. The third-order valence-corrected chi connectivity index (χ3v) is 3.94. The highest BCUT2D eigenvalue weighted by Gasteiger charge is 2.30. The van der Waals surface area contributed by atoms with Crippen LogP contribution in [0.25, 0.3) is 0 Å². The highest BCUT2D eigenvalue weighted by Crippen LogP contribution is 2.32. The molecule has 2 aromatic rings. The summed E-state index contributed by atoms with van der Waals surface area (Å²) < 4.78 is 0. The molecule has 1 aliphatic rings. The Kier molecular flexibility index (Phi) is 3.67. The molecule has 0 fully saturated rings. The Bertz CT molecular complexity index is 739. The molecule has 4 nitrogen and oxygen atoms in total. The first-order valence-electron chi connectivity index (χ1n) is 7.28. The Morgan fingerprint density at radius 3 is 2.55 bits per heavy atom. The number of para-hydroxylation sites is 2. The predicted molar refractivity (Wildman–Crippen MR) is 87.1 cm³/mol. The second kappa shape index (κ2) is 5.64. The van der Waals surface area contributed by atoms with Gasteiger partial charge in [-0.2, -0.15) is 0 Å². The van der Waals surface area contributed by atoms with Crippen LogP contribution in [0.2, 0.25) is 0 Å². The fourth-order valence-corrected chi connectivity index (χ4v) is 2.75. The van der Waals surface area contributed by atoms with Crippen LogP contribution in [0.15, 0.2) is 48.5 Å². The van der Waals surface area contributed by atoms with Crippen molar-refractivity contribution in [1.29, 1.82) is 0 Å². The van der Waals surface area contributed by atoms with E-state index in [2.05, 4.69) is 0 Å². The molecule has 0 atom stereocenters. The van der Waals surface area contributed by atoms with Gasteiger partial charge in [-0.1, -0.05) is 42.0 Å². The lowest BCUT2D eigenvalue weighted by Crippen LogP contribution is -2.47. The van der Waals surface area contributed by atoms with E-state index in [4.69, 9.17) is 0 Å². The van der Waals surface area contributed by atoms with E-state index in [1.54, 1.807) is 16.8 Å². The van der Waals surface area contributed by atoms with Crippen LogP contribution in [0.3, 0.4) is 0 Å². The monoisotopic (exact) mass is 294 g/mol. The molecule has 2 aromatic carbocycles. The highest BCUT2D eigenvalue weighted by atomic mass is 16.2. The topological polar surface area (TPSA) is 40.6 Å². The van der Waals surface area contributed by atoms with Gasteiger partial charge in [-0.25, -0.2) is 0 Å². The minimum absolute atomic E-state index is 0.0560. The van der Waals surface area contributed by atoms with Crippen molar-refractivity contribution in [3.63, 3.8) is 0 Å². The molecule has 0 saturated carbocycles. The molecule has 0 radical (unpaired) electrons. The van der Waals surface area contributed by atoms with Gasteiger partial charge in [-0.3, -0.25) is 9.59 Å². The van der Waals surface area contributed by atoms with Crippen molar-refractivity contribution < 1.29 is 9.59 Å². The minimum atomic E-state index is -0.0729. The molecule has 0 unspecified atom stereocenters. The number of amides is 2. The van der Waals surface area contributed by atoms with Crippen molar-refractivity contribution in [3.8, 4) is 0 Å². The van der Waals surface area contributed by atoms with Crippen LogP contribution in [0, 0.1) is 6.92 Å². The molecule has 0 aliphatic carbocycles. The summed E-state index contributed by atoms with van der Waals surface area (Å²) >= 11 is 0. The SMILES string of the molecule is Cc1cccc(CC(=O)N2CC(=O)N(C)c3ccccc32)c1. The summed E-state index contributed by atoms with van der Waals surface area (Å²) in [7, 11) is 1.74. The molecule has 0 bridgehead atoms. The summed E-state index contributed by atoms with van der Waals surface area (Å²) in [4.78, 5) is 27.9. The van der Waals surface area contributed by atoms with Gasteiger partial charge >= 0.3 is 0 Å². The first-order chi connectivity index (χ1) is 10.6. The zero-order valence-electron chi connectivity index (χ0n) is 12.7. The summed E-state index contributed by atoms with van der Waals surface area (Å²) in [6, 6.07) is 15.4. The molecule has 0 aromatic heterocycles. The van der Waals surface area contributed by atoms with Gasteiger partial charge in [0, 0.05) is 7.05 Å². The average molecular weight is 294 g/mol. The van der Waals surface area contributed by atoms with Crippen molar-refractivity contribution in [1.82, 2.24) is 0 Å². The molecule has 4 heteroatoms. The van der Waals surface area contributed by atoms with Crippen molar-refractivity contribution in [3.05, 3.63) is 59.7 Å². The van der Waals surface area contributed by atoms with Crippen LogP contribution in [-0.4, -0.2) is 25.4 Å². The third-order valence-electron chi connectivity index (χ3n) is 3.94. The van der Waals surface area contributed by atoms with E-state index in [-0.39, 0.29) is 18.4 Å². The standard InChI is InChI=1S/C18H18N2O2/c1-13-6-5-7-14(10-13)11-17(21)20-12-18(22)19(2)15-8-3-4-9-16(15)20/h3-10H,11-12H2,1-2H3. The lowest BCUT2D eigenvalue weighted by Gasteiger charge is -2.34. The lowest BCUT2D eigenvalue weighted by atomic mass is 10.1. The summed E-state index contributed by atoms with van der Waals surface area (Å²) in [6.45, 7) is 2.10. The Labute approximate surface area is 130 Å². The number of rotatable bonds is 2. The van der Waals surface area contributed by atoms with Crippen LogP contribution in [0.5, 0.6) is 0 Å². The van der Waals surface area contributed by atoms with Gasteiger partial charge < -0.3 is 9.80 Å². The Balaban J connectivity index is 1.90. The summed E-state index contributed by atoms with van der Waals surface area (Å²) in [6.07, 6.45) is 0.299. The summed E-state index contributed by atoms with van der Waals surface area (Å²) in [5.41, 5.74) is 3.66. The summed E-state index contributed by atoms with van der Waals surface area (Å²) in [5, 5.41) is 0. The van der Waals surface area contributed by atoms with Gasteiger partial charge in [0.1, 0.15) is 6.54 Å². The van der Waals surface area contributed by atoms with Crippen LogP contribution >= 0.6 is 0 Å². The van der Waals surface area contributed by atoms with Crippen LogP contribution in [0.4, 0.5) is 11.4 Å². The maximum absolute atomic E-state index is 12.6. The van der Waals surface area contributed by atoms with E-state index >= 15 is 0 Å². The molecule has 1 heterocycles. The molecule has 0 spiro atoms. The lowest BCUT2D eigenvalue weighted by molar-refractivity contribution is -0.122. The number of fused-ring (bicyclic) bond motifs is 1. The number of anilines is 2. The number of likely N-dealkylation sites (N-methyl/N-ethyl adjacent to an activating group) is 1. The van der Waals surface area contributed by atoms with Gasteiger partial charge in [-0.05, 0) is 24.6 Å². The van der Waals surface area contributed by atoms with Crippen molar-refractivity contribution in [2.75, 3.05) is 23.4 Å². The molecular formula is C18H18N2O2. The fourth-order valence-electron chi connectivity index (χ4n) is 2.75. The Morgan fingerprint density at radius 2 is 1.82 bits per heavy atom. The van der Waals surface area contributed by atoms with Crippen LogP contribution in [-0.2, 0) is 16.0 Å². The van der Waals surface area contributed by atoms with Gasteiger partial charge in [-0.15, -0.1) is 0 Å². The molecule has 1 aliphatic heterocycles. The number of hydrogen-bond acceptors (Lipinski definition) is 2. The number of benzene rings is 2. The van der Waals surface area contributed by atoms with Crippen molar-refractivity contribution >= 4 is 23.2 Å². The largest absolute Gasteiger partial charge is 0.312 e. The maximum Gasteiger partial charge on any atom is 0.246 e. The first kappa shape index (κ1) is 14.3. The molecule has 3 rings (SSSR count). The molecule has 0 saturated heterocycles. The average Bonchev–Trinajstić information content (AvgIpc) is 2.51. The van der Waals surface area contributed by atoms with Gasteiger partial charge in [0.15, 0.2) is 0 Å². The molecule has 0 N–H and O–H groups in total. The van der Waals surface area contributed by atoms with Crippen LogP contribution < -0.4 is 9.80 Å². The Hall–Kier alpha value is -2.62. The number of nitrogens with zero attached hydrogens (tertiary/aromatic N) is 2. The van der Waals surface area contributed by atoms with Crippen LogP contribution in [0.1, 0.15) is 11.1 Å². The normalized spacial score (nSPS) is 14.0. The summed E-state index contributed by atoms with van der Waals surface area (Å²) in [5.74, 6) is -0.129. The van der Waals surface area contributed by atoms with E-state index in [9.17, 15) is 9.59 Å². The maximum atomic E-state index is 12.6. The minimum Gasteiger partial charge on any atom is -0.312 e. The molecule has 112 valence electrons. The van der Waals surface area contributed by atoms with Gasteiger partial charge in [0.05, 0.1) is 17.8 Å². The predicted octanol–water partition coefficient (Wildman–Crippen LogP) is 2.55. The van der Waals surface area contributed by atoms with E-state index in [1.165, 1.54) is 0 Å². The molecular weight excluding hydrogens is 276 g/mol. The Morgan fingerprint density at radius 1 is 1.09 bits per heavy atom. The smallest absolute Gasteiger partial charge is 0.246 e. The van der Waals surface area contributed by atoms with E-state index < -0.39 is 0 Å². The quantitative estimate of drug-likeness (QED) is 0.854. The second-order valence-electron chi connectivity index (χ2n) is 5.59. The first-order valence-corrected chi connectivity index (χ1v) is 7.28. The second-order valence-corrected chi connectivity index (χ2v) is 5.59. The molecule has 22 heavy (non-hydrogen) atoms. The van der Waals surface area contributed by atoms with Crippen molar-refractivity contribution in [2.24, 2.45) is 0 Å². The van der Waals surface area contributed by atoms with Crippen molar-refractivity contribution in [2.45, 2.75) is 13.3 Å². The number of carbonyl (C=O) groups excluding carboxylic acids is 2. The van der Waals surface area contributed by atoms with E-state index in [1.807, 2.05) is 55.5 Å². The van der Waals surface area contributed by atoms with Gasteiger partial charge in [0.2, 0.25) is 11.8 Å². The third kappa shape index (κ3) is 2.60. The molecule has 2 amide bonds.